The van der Waals surface area contributed by atoms with Gasteiger partial charge < -0.3 is 10.1 Å². The average Bonchev–Trinajstić information content (AvgIpc) is 3.30. The minimum absolute atomic E-state index is 0.0312. The molecule has 2 aromatic heterocycles. The van der Waals surface area contributed by atoms with Crippen molar-refractivity contribution in [1.29, 1.82) is 0 Å². The van der Waals surface area contributed by atoms with Crippen molar-refractivity contribution in [2.24, 2.45) is 0 Å². The number of rotatable bonds is 9. The van der Waals surface area contributed by atoms with Crippen molar-refractivity contribution in [2.75, 3.05) is 11.3 Å². The summed E-state index contributed by atoms with van der Waals surface area (Å²) in [4.78, 5) is 25.5. The van der Waals surface area contributed by atoms with E-state index in [0.717, 1.165) is 11.3 Å². The Morgan fingerprint density at radius 2 is 1.97 bits per heavy atom. The van der Waals surface area contributed by atoms with Gasteiger partial charge in [-0.05, 0) is 24.6 Å². The maximum Gasteiger partial charge on any atom is 0.355 e. The van der Waals surface area contributed by atoms with E-state index in [4.69, 9.17) is 4.74 Å². The van der Waals surface area contributed by atoms with Crippen LogP contribution in [0.15, 0.2) is 42.9 Å². The van der Waals surface area contributed by atoms with Crippen molar-refractivity contribution in [3.05, 3.63) is 53.4 Å². The van der Waals surface area contributed by atoms with Crippen molar-refractivity contribution in [3.63, 3.8) is 0 Å². The molecule has 0 fully saturated rings. The fraction of sp³-hybridized carbons (Fsp3) is 0.300. The summed E-state index contributed by atoms with van der Waals surface area (Å²) in [6.45, 7) is 6.31. The molecule has 0 saturated heterocycles. The maximum absolute atomic E-state index is 12.5. The number of ether oxygens (including phenoxy) is 1. The molecule has 1 amide bonds. The Kier molecular flexibility index (Phi) is 9.60. The maximum atomic E-state index is 12.5. The number of nitrogens with zero attached hydrogens (tertiary/aromatic N) is 3. The topological polar surface area (TPSA) is 123 Å². The standard InChI is InChI=1S/C18H17F2N5O4S2.C2H6/c1-2-29-15-10-21-8-13(24-15)14-9-23-17(30-14)16(26)22-7-11-4-3-5-12(6-11)25-31(27,28)18(19)20;1-2/h3-6,8-10,18,25H,2,7H2,1H3,(H,22,26);1-2H3. The van der Waals surface area contributed by atoms with E-state index in [2.05, 4.69) is 20.3 Å². The van der Waals surface area contributed by atoms with Crippen LogP contribution < -0.4 is 14.8 Å². The molecular weight excluding hydrogens is 476 g/mol. The number of benzene rings is 1. The van der Waals surface area contributed by atoms with Crippen molar-refractivity contribution in [2.45, 2.75) is 33.1 Å². The number of carbonyl (C=O) groups is 1. The van der Waals surface area contributed by atoms with Crippen LogP contribution in [0, 0.1) is 0 Å². The molecule has 33 heavy (non-hydrogen) atoms. The van der Waals surface area contributed by atoms with Crippen LogP contribution in [-0.4, -0.2) is 41.6 Å². The summed E-state index contributed by atoms with van der Waals surface area (Å²) in [5, 5.41) is 2.84. The third-order valence-corrected chi connectivity index (χ3v) is 5.74. The van der Waals surface area contributed by atoms with Gasteiger partial charge in [0, 0.05) is 18.4 Å². The highest BCUT2D eigenvalue weighted by Crippen LogP contribution is 2.25. The second-order valence-electron chi connectivity index (χ2n) is 6.00. The first-order valence-electron chi connectivity index (χ1n) is 9.86. The van der Waals surface area contributed by atoms with E-state index in [9.17, 15) is 22.0 Å². The van der Waals surface area contributed by atoms with Crippen LogP contribution in [0.5, 0.6) is 5.88 Å². The Morgan fingerprint density at radius 3 is 2.67 bits per heavy atom. The first kappa shape index (κ1) is 26.1. The zero-order chi connectivity index (χ0) is 24.4. The van der Waals surface area contributed by atoms with E-state index < -0.39 is 21.7 Å². The molecule has 0 saturated carbocycles. The molecule has 0 atom stereocenters. The fourth-order valence-corrected chi connectivity index (χ4v) is 3.72. The lowest BCUT2D eigenvalue weighted by molar-refractivity contribution is 0.0950. The van der Waals surface area contributed by atoms with E-state index >= 15 is 0 Å². The summed E-state index contributed by atoms with van der Waals surface area (Å²) in [5.41, 5.74) is 0.993. The van der Waals surface area contributed by atoms with Gasteiger partial charge in [-0.2, -0.15) is 8.78 Å². The molecule has 13 heteroatoms. The zero-order valence-electron chi connectivity index (χ0n) is 18.1. The molecule has 3 aromatic rings. The number of thiazole rings is 1. The molecule has 0 bridgehead atoms. The van der Waals surface area contributed by atoms with Crippen molar-refractivity contribution in [1.82, 2.24) is 20.3 Å². The lowest BCUT2D eigenvalue weighted by atomic mass is 10.2. The summed E-state index contributed by atoms with van der Waals surface area (Å²) >= 11 is 1.11. The average molecular weight is 500 g/mol. The monoisotopic (exact) mass is 499 g/mol. The van der Waals surface area contributed by atoms with E-state index in [0.29, 0.717) is 28.6 Å². The van der Waals surface area contributed by atoms with Gasteiger partial charge in [0.2, 0.25) is 5.88 Å². The summed E-state index contributed by atoms with van der Waals surface area (Å²) in [5.74, 6) is -3.64. The molecule has 2 heterocycles. The molecule has 0 aliphatic heterocycles. The number of nitrogens with one attached hydrogen (secondary N) is 2. The number of sulfonamides is 1. The van der Waals surface area contributed by atoms with Crippen LogP contribution in [0.3, 0.4) is 0 Å². The molecule has 0 aliphatic rings. The van der Waals surface area contributed by atoms with Gasteiger partial charge in [0.1, 0.15) is 5.69 Å². The molecule has 9 nitrogen and oxygen atoms in total. The lowest BCUT2D eigenvalue weighted by Crippen LogP contribution is -2.23. The van der Waals surface area contributed by atoms with Gasteiger partial charge in [-0.15, -0.1) is 11.3 Å². The number of anilines is 1. The van der Waals surface area contributed by atoms with Crippen LogP contribution in [0.25, 0.3) is 10.6 Å². The SMILES string of the molecule is CC.CCOc1cncc(-c2cnc(C(=O)NCc3cccc(NS(=O)(=O)C(F)F)c3)s2)n1. The first-order chi connectivity index (χ1) is 15.8. The highest BCUT2D eigenvalue weighted by Gasteiger charge is 2.23. The quantitative estimate of drug-likeness (QED) is 0.457. The van der Waals surface area contributed by atoms with E-state index in [-0.39, 0.29) is 17.2 Å². The summed E-state index contributed by atoms with van der Waals surface area (Å²) in [6.07, 6.45) is 4.51. The zero-order valence-corrected chi connectivity index (χ0v) is 19.7. The number of carbonyl (C=O) groups excluding carboxylic acids is 1. The summed E-state index contributed by atoms with van der Waals surface area (Å²) < 4.78 is 54.7. The Balaban J connectivity index is 0.00000187. The predicted octanol–water partition coefficient (Wildman–Crippen LogP) is 3.92. The fourth-order valence-electron chi connectivity index (χ4n) is 2.39. The van der Waals surface area contributed by atoms with Crippen molar-refractivity contribution < 1.29 is 26.7 Å². The number of halogens is 2. The van der Waals surface area contributed by atoms with E-state index in [1.807, 2.05) is 20.8 Å². The van der Waals surface area contributed by atoms with Crippen LogP contribution in [0.2, 0.25) is 0 Å². The highest BCUT2D eigenvalue weighted by atomic mass is 32.2. The Hall–Kier alpha value is -3.19. The Morgan fingerprint density at radius 1 is 1.21 bits per heavy atom. The molecule has 0 spiro atoms. The Labute approximate surface area is 194 Å². The van der Waals surface area contributed by atoms with Gasteiger partial charge in [-0.1, -0.05) is 26.0 Å². The molecule has 1 aromatic carbocycles. The predicted molar refractivity (Wildman–Crippen MR) is 122 cm³/mol. The van der Waals surface area contributed by atoms with E-state index in [1.165, 1.54) is 36.8 Å². The molecule has 3 rings (SSSR count). The van der Waals surface area contributed by atoms with Crippen LogP contribution in [-0.2, 0) is 16.6 Å². The molecule has 2 N–H and O–H groups in total. The van der Waals surface area contributed by atoms with Crippen LogP contribution in [0.1, 0.15) is 36.1 Å². The molecule has 0 radical (unpaired) electrons. The third kappa shape index (κ3) is 7.43. The van der Waals surface area contributed by atoms with E-state index in [1.54, 1.807) is 10.8 Å². The minimum Gasteiger partial charge on any atom is -0.477 e. The second kappa shape index (κ2) is 12.2. The highest BCUT2D eigenvalue weighted by molar-refractivity contribution is 7.93. The first-order valence-corrected chi connectivity index (χ1v) is 12.2. The number of amides is 1. The number of hydrogen-bond donors (Lipinski definition) is 2. The van der Waals surface area contributed by atoms with Gasteiger partial charge in [0.15, 0.2) is 5.01 Å². The van der Waals surface area contributed by atoms with Gasteiger partial charge in [0.05, 0.1) is 23.9 Å². The minimum atomic E-state index is -4.77. The molecule has 178 valence electrons. The summed E-state index contributed by atoms with van der Waals surface area (Å²) in [6, 6.07) is 5.77. The van der Waals surface area contributed by atoms with Crippen LogP contribution in [0.4, 0.5) is 14.5 Å². The third-order valence-electron chi connectivity index (χ3n) is 3.73. The molecule has 0 unspecified atom stereocenters. The lowest BCUT2D eigenvalue weighted by Gasteiger charge is -2.09. The van der Waals surface area contributed by atoms with Gasteiger partial charge in [-0.3, -0.25) is 14.5 Å². The number of hydrogen-bond acceptors (Lipinski definition) is 8. The Bertz CT molecular complexity index is 1170. The van der Waals surface area contributed by atoms with Gasteiger partial charge >= 0.3 is 5.76 Å². The summed E-state index contributed by atoms with van der Waals surface area (Å²) in [7, 11) is -4.77. The molecule has 0 aliphatic carbocycles. The number of alkyl halides is 2. The largest absolute Gasteiger partial charge is 0.477 e. The van der Waals surface area contributed by atoms with Crippen molar-refractivity contribution >= 4 is 33.0 Å². The van der Waals surface area contributed by atoms with Crippen LogP contribution >= 0.6 is 11.3 Å². The second-order valence-corrected chi connectivity index (χ2v) is 8.68. The van der Waals surface area contributed by atoms with Gasteiger partial charge in [-0.25, -0.2) is 18.4 Å². The smallest absolute Gasteiger partial charge is 0.355 e. The molecular formula is C20H23F2N5O4S2. The normalized spacial score (nSPS) is 10.8. The van der Waals surface area contributed by atoms with Crippen molar-refractivity contribution in [3.8, 4) is 16.5 Å². The number of aromatic nitrogens is 3. The van der Waals surface area contributed by atoms with Gasteiger partial charge in [0.25, 0.3) is 15.9 Å².